The van der Waals surface area contributed by atoms with Crippen molar-refractivity contribution in [1.82, 2.24) is 14.8 Å². The second-order valence-corrected chi connectivity index (χ2v) is 4.21. The molecule has 2 heterocycles. The summed E-state index contributed by atoms with van der Waals surface area (Å²) in [7, 11) is 1.23. The van der Waals surface area contributed by atoms with Crippen molar-refractivity contribution in [1.29, 1.82) is 0 Å². The van der Waals surface area contributed by atoms with Gasteiger partial charge in [-0.1, -0.05) is 0 Å². The van der Waals surface area contributed by atoms with Gasteiger partial charge in [-0.05, 0) is 6.07 Å². The number of rotatable bonds is 3. The van der Waals surface area contributed by atoms with E-state index in [0.29, 0.717) is 0 Å². The van der Waals surface area contributed by atoms with Gasteiger partial charge in [-0.15, -0.1) is 0 Å². The summed E-state index contributed by atoms with van der Waals surface area (Å²) in [6, 6.07) is 2.12. The van der Waals surface area contributed by atoms with Crippen molar-refractivity contribution in [3.8, 4) is 11.5 Å². The van der Waals surface area contributed by atoms with E-state index in [1.165, 1.54) is 7.05 Å². The zero-order valence-electron chi connectivity index (χ0n) is 10.6. The molecular weight excluding hydrogens is 299 g/mol. The molecule has 21 heavy (non-hydrogen) atoms. The van der Waals surface area contributed by atoms with E-state index < -0.39 is 36.1 Å². The Balaban J connectivity index is 2.53. The van der Waals surface area contributed by atoms with Gasteiger partial charge in [0.1, 0.15) is 6.42 Å². The van der Waals surface area contributed by atoms with Gasteiger partial charge in [0, 0.05) is 13.1 Å². The van der Waals surface area contributed by atoms with Gasteiger partial charge < -0.3 is 5.21 Å². The summed E-state index contributed by atoms with van der Waals surface area (Å²) in [5.41, 5.74) is -1.14. The molecule has 0 atom stereocenters. The molecule has 2 aromatic rings. The lowest BCUT2D eigenvalue weighted by atomic mass is 10.2. The maximum absolute atomic E-state index is 12.9. The fraction of sp³-hybridized carbons (Fsp3) is 0.364. The van der Waals surface area contributed by atoms with Crippen molar-refractivity contribution in [2.24, 2.45) is 7.05 Å². The molecule has 0 saturated carbocycles. The molecule has 5 nitrogen and oxygen atoms in total. The van der Waals surface area contributed by atoms with E-state index in [-0.39, 0.29) is 10.6 Å². The highest BCUT2D eigenvalue weighted by Crippen LogP contribution is 2.27. The number of hydrogen-bond donors (Lipinski definition) is 0. The average Bonchev–Trinajstić information content (AvgIpc) is 2.66. The molecule has 0 amide bonds. The summed E-state index contributed by atoms with van der Waals surface area (Å²) in [6.45, 7) is 0. The van der Waals surface area contributed by atoms with Gasteiger partial charge in [0.05, 0.1) is 5.56 Å². The summed E-state index contributed by atoms with van der Waals surface area (Å²) in [5.74, 6) is -0.941. The van der Waals surface area contributed by atoms with Crippen LogP contribution >= 0.6 is 0 Å². The Morgan fingerprint density at radius 1 is 1.38 bits per heavy atom. The number of halogens is 5. The molecule has 0 aliphatic carbocycles. The first-order chi connectivity index (χ1) is 9.69. The highest BCUT2D eigenvalue weighted by atomic mass is 19.4. The average molecular weight is 308 g/mol. The summed E-state index contributed by atoms with van der Waals surface area (Å²) >= 11 is 0. The van der Waals surface area contributed by atoms with Crippen molar-refractivity contribution in [2.45, 2.75) is 19.0 Å². The minimum absolute atomic E-state index is 0.128. The van der Waals surface area contributed by atoms with Crippen LogP contribution in [0.2, 0.25) is 0 Å². The van der Waals surface area contributed by atoms with E-state index in [9.17, 15) is 27.2 Å². The van der Waals surface area contributed by atoms with Crippen molar-refractivity contribution < 1.29 is 26.7 Å². The van der Waals surface area contributed by atoms with Gasteiger partial charge in [-0.25, -0.2) is 18.4 Å². The zero-order valence-corrected chi connectivity index (χ0v) is 10.6. The third kappa shape index (κ3) is 3.26. The van der Waals surface area contributed by atoms with E-state index >= 15 is 0 Å². The van der Waals surface area contributed by atoms with Gasteiger partial charge >= 0.3 is 6.18 Å². The topological polar surface area (TPSA) is 57.7 Å². The monoisotopic (exact) mass is 308 g/mol. The van der Waals surface area contributed by atoms with Crippen LogP contribution in [0.15, 0.2) is 18.3 Å². The maximum atomic E-state index is 12.9. The van der Waals surface area contributed by atoms with Crippen molar-refractivity contribution in [3.05, 3.63) is 34.9 Å². The van der Waals surface area contributed by atoms with E-state index in [4.69, 9.17) is 0 Å². The highest BCUT2D eigenvalue weighted by molar-refractivity contribution is 5.52. The molecule has 114 valence electrons. The van der Waals surface area contributed by atoms with Gasteiger partial charge in [0.15, 0.2) is 12.0 Å². The molecule has 0 radical (unpaired) electrons. The number of pyridine rings is 1. The lowest BCUT2D eigenvalue weighted by Crippen LogP contribution is -2.31. The summed E-state index contributed by atoms with van der Waals surface area (Å²) < 4.78 is 63.7. The molecule has 0 fully saturated rings. The molecule has 0 unspecified atom stereocenters. The van der Waals surface area contributed by atoms with Crippen LogP contribution in [0.25, 0.3) is 11.5 Å². The van der Waals surface area contributed by atoms with Crippen LogP contribution in [-0.2, 0) is 13.5 Å². The quantitative estimate of drug-likeness (QED) is 0.496. The van der Waals surface area contributed by atoms with E-state index in [0.717, 1.165) is 23.0 Å². The van der Waals surface area contributed by atoms with Gasteiger partial charge in [-0.2, -0.15) is 23.0 Å². The van der Waals surface area contributed by atoms with Crippen LogP contribution in [0.3, 0.4) is 0 Å². The van der Waals surface area contributed by atoms with Crippen LogP contribution in [0, 0.1) is 5.21 Å². The Hall–Kier alpha value is -2.26. The minimum atomic E-state index is -4.53. The smallest absolute Gasteiger partial charge is 0.396 e. The van der Waals surface area contributed by atoms with Crippen LogP contribution < -0.4 is 4.73 Å². The maximum Gasteiger partial charge on any atom is 0.396 e. The Kier molecular flexibility index (Phi) is 3.79. The highest BCUT2D eigenvalue weighted by Gasteiger charge is 2.32. The molecule has 0 N–H and O–H groups in total. The lowest BCUT2D eigenvalue weighted by molar-refractivity contribution is -0.594. The van der Waals surface area contributed by atoms with Gasteiger partial charge in [0.25, 0.3) is 12.1 Å². The second kappa shape index (κ2) is 5.26. The lowest BCUT2D eigenvalue weighted by Gasteiger charge is -2.07. The standard InChI is InChI=1S/C11H9F5N4O/c1-19-10(17-7(18-19)5-11(14,15)16)8-6(9(12)13)3-2-4-20(8)21/h2-4,9H,5H2,1H3. The molecule has 0 saturated heterocycles. The normalized spacial score (nSPS) is 12.1. The summed E-state index contributed by atoms with van der Waals surface area (Å²) in [6.07, 6.45) is -7.95. The van der Waals surface area contributed by atoms with Crippen molar-refractivity contribution in [3.63, 3.8) is 0 Å². The number of alkyl halides is 5. The molecule has 0 aliphatic rings. The Labute approximate surface area is 115 Å². The molecule has 2 aromatic heterocycles. The number of hydrogen-bond acceptors (Lipinski definition) is 3. The minimum Gasteiger partial charge on any atom is -0.618 e. The second-order valence-electron chi connectivity index (χ2n) is 4.21. The van der Waals surface area contributed by atoms with Crippen molar-refractivity contribution >= 4 is 0 Å². The number of nitrogens with zero attached hydrogens (tertiary/aromatic N) is 4. The molecular formula is C11H9F5N4O. The first kappa shape index (κ1) is 15.1. The SMILES string of the molecule is Cn1nc(CC(F)(F)F)nc1-c1c(C(F)F)ccc[n+]1[O-]. The van der Waals surface area contributed by atoms with E-state index in [1.54, 1.807) is 0 Å². The Morgan fingerprint density at radius 3 is 2.62 bits per heavy atom. The third-order valence-electron chi connectivity index (χ3n) is 2.60. The fourth-order valence-corrected chi connectivity index (χ4v) is 1.81. The largest absolute Gasteiger partial charge is 0.618 e. The van der Waals surface area contributed by atoms with Crippen LogP contribution in [-0.4, -0.2) is 20.9 Å². The first-order valence-electron chi connectivity index (χ1n) is 5.66. The number of aromatic nitrogens is 4. The summed E-state index contributed by atoms with van der Waals surface area (Å²) in [4.78, 5) is 3.55. The fourth-order valence-electron chi connectivity index (χ4n) is 1.81. The third-order valence-corrected chi connectivity index (χ3v) is 2.60. The summed E-state index contributed by atoms with van der Waals surface area (Å²) in [5, 5.41) is 15.2. The molecule has 10 heteroatoms. The molecule has 2 rings (SSSR count). The van der Waals surface area contributed by atoms with Crippen molar-refractivity contribution in [2.75, 3.05) is 0 Å². The predicted octanol–water partition coefficient (Wildman–Crippen LogP) is 2.16. The molecule has 0 spiro atoms. The molecule has 0 bridgehead atoms. The first-order valence-corrected chi connectivity index (χ1v) is 5.66. The van der Waals surface area contributed by atoms with Crippen LogP contribution in [0.4, 0.5) is 22.0 Å². The molecule has 0 aliphatic heterocycles. The van der Waals surface area contributed by atoms with Gasteiger partial charge in [0.2, 0.25) is 5.82 Å². The van der Waals surface area contributed by atoms with Crippen LogP contribution in [0.1, 0.15) is 17.8 Å². The molecule has 0 aromatic carbocycles. The van der Waals surface area contributed by atoms with E-state index in [1.807, 2.05) is 0 Å². The zero-order chi connectivity index (χ0) is 15.8. The van der Waals surface area contributed by atoms with Crippen LogP contribution in [0.5, 0.6) is 0 Å². The number of aryl methyl sites for hydroxylation is 1. The Morgan fingerprint density at radius 2 is 2.05 bits per heavy atom. The predicted molar refractivity (Wildman–Crippen MR) is 60.1 cm³/mol. The van der Waals surface area contributed by atoms with Gasteiger partial charge in [-0.3, -0.25) is 0 Å². The Bertz CT molecular complexity index is 653. The van der Waals surface area contributed by atoms with E-state index in [2.05, 4.69) is 10.1 Å².